The summed E-state index contributed by atoms with van der Waals surface area (Å²) in [5.41, 5.74) is 2.39. The van der Waals surface area contributed by atoms with Crippen LogP contribution in [0.25, 0.3) is 0 Å². The molecule has 126 valence electrons. The van der Waals surface area contributed by atoms with E-state index in [-0.39, 0.29) is 6.10 Å². The maximum Gasteiger partial charge on any atom is 0.231 e. The van der Waals surface area contributed by atoms with Crippen LogP contribution in [0.3, 0.4) is 0 Å². The van der Waals surface area contributed by atoms with E-state index in [2.05, 4.69) is 17.4 Å². The Balaban J connectivity index is 1.44. The van der Waals surface area contributed by atoms with Crippen LogP contribution in [0.1, 0.15) is 23.5 Å². The highest BCUT2D eigenvalue weighted by atomic mass is 35.5. The van der Waals surface area contributed by atoms with Gasteiger partial charge in [-0.3, -0.25) is 0 Å². The van der Waals surface area contributed by atoms with E-state index in [4.69, 9.17) is 25.8 Å². The number of hydrogen-bond donors (Lipinski definition) is 1. The third kappa shape index (κ3) is 3.36. The SMILES string of the molecule is Clc1ccc(C2CCNCC2OCc2ccc3c(c2)OCO3)cc1. The Kier molecular flexibility index (Phi) is 4.60. The third-order valence-electron chi connectivity index (χ3n) is 4.63. The minimum atomic E-state index is 0.144. The Morgan fingerprint density at radius 1 is 1.08 bits per heavy atom. The molecule has 24 heavy (non-hydrogen) atoms. The Hall–Kier alpha value is -1.75. The van der Waals surface area contributed by atoms with Crippen molar-refractivity contribution in [1.29, 1.82) is 0 Å². The van der Waals surface area contributed by atoms with Crippen molar-refractivity contribution in [2.75, 3.05) is 19.9 Å². The molecule has 0 bridgehead atoms. The number of hydrogen-bond acceptors (Lipinski definition) is 4. The fourth-order valence-corrected chi connectivity index (χ4v) is 3.46. The molecule has 2 unspecified atom stereocenters. The predicted octanol–water partition coefficient (Wildman–Crippen LogP) is 3.73. The van der Waals surface area contributed by atoms with Crippen LogP contribution < -0.4 is 14.8 Å². The van der Waals surface area contributed by atoms with Crippen molar-refractivity contribution in [3.8, 4) is 11.5 Å². The fraction of sp³-hybridized carbons (Fsp3) is 0.368. The fourth-order valence-electron chi connectivity index (χ4n) is 3.33. The molecule has 2 aromatic rings. The van der Waals surface area contributed by atoms with Crippen LogP contribution in [-0.2, 0) is 11.3 Å². The maximum atomic E-state index is 6.23. The lowest BCUT2D eigenvalue weighted by atomic mass is 9.88. The van der Waals surface area contributed by atoms with Crippen LogP contribution in [-0.4, -0.2) is 26.0 Å². The topological polar surface area (TPSA) is 39.7 Å². The summed E-state index contributed by atoms with van der Waals surface area (Å²) in [7, 11) is 0. The van der Waals surface area contributed by atoms with E-state index in [1.54, 1.807) is 0 Å². The van der Waals surface area contributed by atoms with Gasteiger partial charge in [-0.25, -0.2) is 0 Å². The number of piperidine rings is 1. The van der Waals surface area contributed by atoms with Gasteiger partial charge in [0.2, 0.25) is 6.79 Å². The Morgan fingerprint density at radius 3 is 2.79 bits per heavy atom. The first kappa shape index (κ1) is 15.8. The Bertz CT molecular complexity index is 704. The summed E-state index contributed by atoms with van der Waals surface area (Å²) >= 11 is 6.01. The smallest absolute Gasteiger partial charge is 0.231 e. The number of halogens is 1. The van der Waals surface area contributed by atoms with Gasteiger partial charge in [0.05, 0.1) is 12.7 Å². The van der Waals surface area contributed by atoms with E-state index in [0.717, 1.165) is 41.6 Å². The standard InChI is InChI=1S/C19H20ClNO3/c20-15-4-2-14(3-5-15)16-7-8-21-10-19(16)22-11-13-1-6-17-18(9-13)24-12-23-17/h1-6,9,16,19,21H,7-8,10-12H2. The zero-order chi connectivity index (χ0) is 16.4. The summed E-state index contributed by atoms with van der Waals surface area (Å²) in [6.07, 6.45) is 1.21. The molecule has 2 aliphatic rings. The van der Waals surface area contributed by atoms with Crippen molar-refractivity contribution in [2.24, 2.45) is 0 Å². The summed E-state index contributed by atoms with van der Waals surface area (Å²) in [5, 5.41) is 4.20. The largest absolute Gasteiger partial charge is 0.454 e. The highest BCUT2D eigenvalue weighted by Crippen LogP contribution is 2.33. The number of rotatable bonds is 4. The molecule has 1 saturated heterocycles. The first-order valence-electron chi connectivity index (χ1n) is 8.26. The molecule has 0 aromatic heterocycles. The van der Waals surface area contributed by atoms with E-state index in [0.29, 0.717) is 19.3 Å². The average molecular weight is 346 g/mol. The summed E-state index contributed by atoms with van der Waals surface area (Å²) in [4.78, 5) is 0. The van der Waals surface area contributed by atoms with Gasteiger partial charge in [0.25, 0.3) is 0 Å². The van der Waals surface area contributed by atoms with Crippen LogP contribution in [0.4, 0.5) is 0 Å². The van der Waals surface area contributed by atoms with Crippen LogP contribution in [0.5, 0.6) is 11.5 Å². The van der Waals surface area contributed by atoms with Gasteiger partial charge in [0, 0.05) is 17.5 Å². The quantitative estimate of drug-likeness (QED) is 0.916. The highest BCUT2D eigenvalue weighted by Gasteiger charge is 2.27. The zero-order valence-electron chi connectivity index (χ0n) is 13.3. The molecule has 1 fully saturated rings. The molecule has 0 radical (unpaired) electrons. The molecule has 0 spiro atoms. The van der Waals surface area contributed by atoms with Gasteiger partial charge in [-0.15, -0.1) is 0 Å². The van der Waals surface area contributed by atoms with E-state index < -0.39 is 0 Å². The van der Waals surface area contributed by atoms with Crippen LogP contribution >= 0.6 is 11.6 Å². The van der Waals surface area contributed by atoms with Gasteiger partial charge in [-0.2, -0.15) is 0 Å². The van der Waals surface area contributed by atoms with Gasteiger partial charge in [-0.05, 0) is 48.4 Å². The van der Waals surface area contributed by atoms with E-state index in [1.165, 1.54) is 5.56 Å². The van der Waals surface area contributed by atoms with Crippen molar-refractivity contribution >= 4 is 11.6 Å². The number of nitrogens with one attached hydrogen (secondary N) is 1. The summed E-state index contributed by atoms with van der Waals surface area (Å²) in [6.45, 7) is 2.73. The van der Waals surface area contributed by atoms with E-state index >= 15 is 0 Å². The Labute approximate surface area is 146 Å². The lowest BCUT2D eigenvalue weighted by molar-refractivity contribution is 0.0105. The van der Waals surface area contributed by atoms with Gasteiger partial charge in [0.1, 0.15) is 0 Å². The molecule has 2 aliphatic heterocycles. The lowest BCUT2D eigenvalue weighted by Crippen LogP contribution is -2.40. The van der Waals surface area contributed by atoms with Crippen molar-refractivity contribution in [3.05, 3.63) is 58.6 Å². The molecule has 4 rings (SSSR count). The predicted molar refractivity (Wildman–Crippen MR) is 92.8 cm³/mol. The monoisotopic (exact) mass is 345 g/mol. The molecule has 0 saturated carbocycles. The molecule has 0 aliphatic carbocycles. The summed E-state index contributed by atoms with van der Waals surface area (Å²) in [5.74, 6) is 1.99. The summed E-state index contributed by atoms with van der Waals surface area (Å²) < 4.78 is 17.0. The van der Waals surface area contributed by atoms with Gasteiger partial charge < -0.3 is 19.5 Å². The maximum absolute atomic E-state index is 6.23. The molecule has 4 nitrogen and oxygen atoms in total. The second-order valence-corrected chi connectivity index (χ2v) is 6.62. The van der Waals surface area contributed by atoms with Gasteiger partial charge in [0.15, 0.2) is 11.5 Å². The summed E-state index contributed by atoms with van der Waals surface area (Å²) in [6, 6.07) is 14.1. The molecule has 0 amide bonds. The number of benzene rings is 2. The van der Waals surface area contributed by atoms with Crippen molar-refractivity contribution in [2.45, 2.75) is 25.0 Å². The van der Waals surface area contributed by atoms with Crippen LogP contribution in [0.15, 0.2) is 42.5 Å². The van der Waals surface area contributed by atoms with Gasteiger partial charge >= 0.3 is 0 Å². The molecular formula is C19H20ClNO3. The second kappa shape index (κ2) is 7.01. The second-order valence-electron chi connectivity index (χ2n) is 6.19. The normalized spacial score (nSPS) is 22.5. The molecule has 2 atom stereocenters. The third-order valence-corrected chi connectivity index (χ3v) is 4.88. The number of fused-ring (bicyclic) bond motifs is 1. The average Bonchev–Trinajstić information content (AvgIpc) is 3.09. The lowest BCUT2D eigenvalue weighted by Gasteiger charge is -2.32. The highest BCUT2D eigenvalue weighted by molar-refractivity contribution is 6.30. The van der Waals surface area contributed by atoms with Crippen LogP contribution in [0.2, 0.25) is 5.02 Å². The molecular weight excluding hydrogens is 326 g/mol. The molecule has 2 aromatic carbocycles. The minimum Gasteiger partial charge on any atom is -0.454 e. The van der Waals surface area contributed by atoms with E-state index in [9.17, 15) is 0 Å². The minimum absolute atomic E-state index is 0.144. The Morgan fingerprint density at radius 2 is 1.92 bits per heavy atom. The van der Waals surface area contributed by atoms with Crippen molar-refractivity contribution < 1.29 is 14.2 Å². The zero-order valence-corrected chi connectivity index (χ0v) is 14.1. The molecule has 1 N–H and O–H groups in total. The van der Waals surface area contributed by atoms with Crippen LogP contribution in [0, 0.1) is 0 Å². The van der Waals surface area contributed by atoms with Gasteiger partial charge in [-0.1, -0.05) is 29.8 Å². The van der Waals surface area contributed by atoms with Crippen molar-refractivity contribution in [3.63, 3.8) is 0 Å². The molecule has 2 heterocycles. The molecule has 5 heteroatoms. The number of ether oxygens (including phenoxy) is 3. The first-order chi connectivity index (χ1) is 11.8. The first-order valence-corrected chi connectivity index (χ1v) is 8.64. The van der Waals surface area contributed by atoms with E-state index in [1.807, 2.05) is 30.3 Å². The van der Waals surface area contributed by atoms with Crippen molar-refractivity contribution in [1.82, 2.24) is 5.32 Å².